The van der Waals surface area contributed by atoms with Crippen molar-refractivity contribution in [1.82, 2.24) is 0 Å². The maximum Gasteiger partial charge on any atom is 0.347 e. The van der Waals surface area contributed by atoms with Gasteiger partial charge >= 0.3 is 23.9 Å². The molecule has 0 fully saturated rings. The van der Waals surface area contributed by atoms with E-state index in [1.165, 1.54) is 0 Å². The fraction of sp³-hybridized carbons (Fsp3) is 0. The molecule has 34 heavy (non-hydrogen) atoms. The molecule has 3 aromatic carbocycles. The molecule has 0 saturated carbocycles. The van der Waals surface area contributed by atoms with Gasteiger partial charge in [-0.2, -0.15) is 17.6 Å². The molecule has 170 valence electrons. The summed E-state index contributed by atoms with van der Waals surface area (Å²) in [6, 6.07) is 6.02. The number of rotatable bonds is 4. The fourth-order valence-electron chi connectivity index (χ4n) is 3.26. The van der Waals surface area contributed by atoms with Gasteiger partial charge in [-0.25, -0.2) is 19.2 Å². The zero-order valence-corrected chi connectivity index (χ0v) is 16.2. The van der Waals surface area contributed by atoms with Crippen molar-refractivity contribution in [2.45, 2.75) is 0 Å². The second-order valence-electron chi connectivity index (χ2n) is 6.89. The van der Waals surface area contributed by atoms with Crippen LogP contribution in [0.25, 0.3) is 0 Å². The second-order valence-corrected chi connectivity index (χ2v) is 6.89. The van der Waals surface area contributed by atoms with Crippen molar-refractivity contribution in [3.8, 4) is 23.0 Å². The van der Waals surface area contributed by atoms with Crippen molar-refractivity contribution in [3.63, 3.8) is 0 Å². The van der Waals surface area contributed by atoms with Crippen molar-refractivity contribution < 1.29 is 55.7 Å². The van der Waals surface area contributed by atoms with Crippen molar-refractivity contribution in [2.24, 2.45) is 0 Å². The van der Waals surface area contributed by atoms with Gasteiger partial charge in [-0.15, -0.1) is 0 Å². The number of ether oxygens (including phenoxy) is 4. The lowest BCUT2D eigenvalue weighted by molar-refractivity contribution is 0.0425. The number of halogens is 4. The molecule has 0 spiro atoms. The molecule has 0 amide bonds. The van der Waals surface area contributed by atoms with E-state index in [0.29, 0.717) is 0 Å². The van der Waals surface area contributed by atoms with E-state index in [1.807, 2.05) is 0 Å². The minimum atomic E-state index is -1.97. The van der Waals surface area contributed by atoms with Crippen LogP contribution in [0, 0.1) is 23.3 Å². The van der Waals surface area contributed by atoms with E-state index in [9.17, 15) is 36.7 Å². The molecule has 2 heterocycles. The predicted octanol–water partition coefficient (Wildman–Crippen LogP) is 4.45. The zero-order chi connectivity index (χ0) is 24.3. The third-order valence-corrected chi connectivity index (χ3v) is 4.86. The lowest BCUT2D eigenvalue weighted by atomic mass is 10.1. The van der Waals surface area contributed by atoms with E-state index < -0.39 is 70.1 Å². The highest BCUT2D eigenvalue weighted by atomic mass is 19.2. The van der Waals surface area contributed by atoms with E-state index in [0.717, 1.165) is 36.4 Å². The molecular formula is C22H6F4O8. The SMILES string of the molecule is O=C1OC(=O)c2cc(Oc3c(F)c(F)c(Oc4ccc5c(c4)C(=O)OC5=O)c(F)c3F)ccc21. The largest absolute Gasteiger partial charge is 0.451 e. The average molecular weight is 474 g/mol. The van der Waals surface area contributed by atoms with Crippen molar-refractivity contribution in [2.75, 3.05) is 0 Å². The first-order valence-corrected chi connectivity index (χ1v) is 9.18. The summed E-state index contributed by atoms with van der Waals surface area (Å²) in [4.78, 5) is 46.2. The molecule has 0 unspecified atom stereocenters. The van der Waals surface area contributed by atoms with Crippen LogP contribution in [-0.2, 0) is 9.47 Å². The maximum absolute atomic E-state index is 14.6. The predicted molar refractivity (Wildman–Crippen MR) is 98.8 cm³/mol. The standard InChI is InChI=1S/C22H6F4O8/c23-13-15(25)18(32-8-2-4-10-12(6-8)22(30)34-20(10)28)16(26)14(24)17(13)31-7-1-3-9-11(5-7)21(29)33-19(9)27/h1-6H. The Morgan fingerprint density at radius 2 is 0.824 bits per heavy atom. The first-order valence-electron chi connectivity index (χ1n) is 9.18. The van der Waals surface area contributed by atoms with E-state index in [1.54, 1.807) is 0 Å². The number of cyclic esters (lactones) is 4. The van der Waals surface area contributed by atoms with E-state index in [2.05, 4.69) is 9.47 Å². The van der Waals surface area contributed by atoms with Gasteiger partial charge in [0.05, 0.1) is 22.3 Å². The fourth-order valence-corrected chi connectivity index (χ4v) is 3.26. The summed E-state index contributed by atoms with van der Waals surface area (Å²) in [5.41, 5.74) is -0.783. The van der Waals surface area contributed by atoms with Crippen LogP contribution in [0.3, 0.4) is 0 Å². The smallest absolute Gasteiger partial charge is 0.347 e. The molecule has 0 bridgehead atoms. The minimum Gasteiger partial charge on any atom is -0.451 e. The molecule has 0 N–H and O–H groups in total. The van der Waals surface area contributed by atoms with Crippen LogP contribution in [0.5, 0.6) is 23.0 Å². The minimum absolute atomic E-state index is 0.126. The molecule has 2 aliphatic heterocycles. The Morgan fingerprint density at radius 1 is 0.500 bits per heavy atom. The normalized spacial score (nSPS) is 14.0. The Bertz CT molecular complexity index is 1340. The van der Waals surface area contributed by atoms with Gasteiger partial charge in [0.15, 0.2) is 0 Å². The number of hydrogen-bond donors (Lipinski definition) is 0. The molecule has 0 atom stereocenters. The van der Waals surface area contributed by atoms with Crippen LogP contribution < -0.4 is 9.47 Å². The third-order valence-electron chi connectivity index (χ3n) is 4.86. The van der Waals surface area contributed by atoms with Gasteiger partial charge < -0.3 is 18.9 Å². The van der Waals surface area contributed by atoms with Crippen LogP contribution in [-0.4, -0.2) is 23.9 Å². The summed E-state index contributed by atoms with van der Waals surface area (Å²) >= 11 is 0. The summed E-state index contributed by atoms with van der Waals surface area (Å²) in [6.45, 7) is 0. The topological polar surface area (TPSA) is 105 Å². The molecule has 5 rings (SSSR count). The average Bonchev–Trinajstić information content (AvgIpc) is 3.26. The van der Waals surface area contributed by atoms with Crippen molar-refractivity contribution in [1.29, 1.82) is 0 Å². The first-order chi connectivity index (χ1) is 16.2. The Hall–Kier alpha value is -4.74. The van der Waals surface area contributed by atoms with Crippen molar-refractivity contribution >= 4 is 23.9 Å². The van der Waals surface area contributed by atoms with Gasteiger partial charge in [0.25, 0.3) is 0 Å². The highest BCUT2D eigenvalue weighted by molar-refractivity contribution is 6.15. The number of benzene rings is 3. The molecule has 0 saturated heterocycles. The molecule has 3 aromatic rings. The quantitative estimate of drug-likeness (QED) is 0.237. The van der Waals surface area contributed by atoms with E-state index >= 15 is 0 Å². The van der Waals surface area contributed by atoms with E-state index in [-0.39, 0.29) is 22.3 Å². The summed E-state index contributed by atoms with van der Waals surface area (Å²) in [5, 5.41) is 0. The molecule has 0 radical (unpaired) electrons. The molecule has 0 aromatic heterocycles. The summed E-state index contributed by atoms with van der Waals surface area (Å²) in [7, 11) is 0. The Balaban J connectivity index is 1.49. The van der Waals surface area contributed by atoms with Gasteiger partial charge in [0.1, 0.15) is 11.5 Å². The van der Waals surface area contributed by atoms with Crippen molar-refractivity contribution in [3.05, 3.63) is 81.9 Å². The van der Waals surface area contributed by atoms with Gasteiger partial charge in [0, 0.05) is 0 Å². The lowest BCUT2D eigenvalue weighted by Crippen LogP contribution is -2.04. The summed E-state index contributed by atoms with van der Waals surface area (Å²) in [5.74, 6) is -15.6. The van der Waals surface area contributed by atoms with Gasteiger partial charge in [-0.3, -0.25) is 0 Å². The first kappa shape index (κ1) is 21.1. The Labute approximate surface area is 185 Å². The third kappa shape index (κ3) is 3.15. The summed E-state index contributed by atoms with van der Waals surface area (Å²) < 4.78 is 76.9. The Kier molecular flexibility index (Phi) is 4.60. The highest BCUT2D eigenvalue weighted by Gasteiger charge is 2.33. The van der Waals surface area contributed by atoms with Crippen LogP contribution >= 0.6 is 0 Å². The number of carbonyl (C=O) groups excluding carboxylic acids is 4. The van der Waals surface area contributed by atoms with Crippen LogP contribution in [0.2, 0.25) is 0 Å². The monoisotopic (exact) mass is 474 g/mol. The van der Waals surface area contributed by atoms with Crippen LogP contribution in [0.1, 0.15) is 41.4 Å². The highest BCUT2D eigenvalue weighted by Crippen LogP contribution is 2.40. The van der Waals surface area contributed by atoms with Crippen LogP contribution in [0.15, 0.2) is 36.4 Å². The number of esters is 4. The molecule has 2 aliphatic rings. The van der Waals surface area contributed by atoms with Gasteiger partial charge in [0.2, 0.25) is 34.8 Å². The molecule has 0 aliphatic carbocycles. The molecule has 12 heteroatoms. The van der Waals surface area contributed by atoms with Crippen LogP contribution in [0.4, 0.5) is 17.6 Å². The summed E-state index contributed by atoms with van der Waals surface area (Å²) in [6.07, 6.45) is 0. The lowest BCUT2D eigenvalue weighted by Gasteiger charge is -2.14. The van der Waals surface area contributed by atoms with E-state index in [4.69, 9.17) is 9.47 Å². The van der Waals surface area contributed by atoms with Gasteiger partial charge in [-0.05, 0) is 36.4 Å². The number of fused-ring (bicyclic) bond motifs is 2. The molecule has 8 nitrogen and oxygen atoms in total. The second kappa shape index (κ2) is 7.40. The zero-order valence-electron chi connectivity index (χ0n) is 16.2. The number of carbonyl (C=O) groups is 4. The molecular weight excluding hydrogens is 468 g/mol. The maximum atomic E-state index is 14.6. The number of hydrogen-bond acceptors (Lipinski definition) is 8. The van der Waals surface area contributed by atoms with Gasteiger partial charge in [-0.1, -0.05) is 0 Å². The Morgan fingerprint density at radius 3 is 1.18 bits per heavy atom.